The van der Waals surface area contributed by atoms with Crippen molar-refractivity contribution in [3.05, 3.63) is 29.8 Å². The van der Waals surface area contributed by atoms with Crippen molar-refractivity contribution in [2.24, 2.45) is 35.5 Å². The topological polar surface area (TPSA) is 181 Å². The maximum absolute atomic E-state index is 15.2. The summed E-state index contributed by atoms with van der Waals surface area (Å²) in [5.74, 6) is -1.91. The summed E-state index contributed by atoms with van der Waals surface area (Å²) in [6.07, 6.45) is -2.01. The summed E-state index contributed by atoms with van der Waals surface area (Å²) in [7, 11) is 4.73. The molecular weight excluding hydrogens is 901 g/mol. The van der Waals surface area contributed by atoms with Crippen molar-refractivity contribution in [2.75, 3.05) is 41.0 Å². The third-order valence-corrected chi connectivity index (χ3v) is 17.1. The summed E-state index contributed by atoms with van der Waals surface area (Å²) in [6.45, 7) is 20.6. The van der Waals surface area contributed by atoms with Gasteiger partial charge in [0, 0.05) is 64.1 Å². The first kappa shape index (κ1) is 54.8. The molecule has 4 saturated heterocycles. The van der Waals surface area contributed by atoms with Gasteiger partial charge in [-0.25, -0.2) is 4.79 Å². The van der Waals surface area contributed by atoms with Gasteiger partial charge in [0.2, 0.25) is 0 Å². The second-order valence-corrected chi connectivity index (χ2v) is 22.6. The smallest absolute Gasteiger partial charge is 0.410 e. The number of ether oxygens (including phenoxy) is 9. The van der Waals surface area contributed by atoms with E-state index in [2.05, 4.69) is 4.90 Å². The summed E-state index contributed by atoms with van der Waals surface area (Å²) >= 11 is 0. The van der Waals surface area contributed by atoms with Crippen LogP contribution in [-0.4, -0.2) is 163 Å². The summed E-state index contributed by atoms with van der Waals surface area (Å²) < 4.78 is 57.8. The van der Waals surface area contributed by atoms with Gasteiger partial charge < -0.3 is 52.8 Å². The van der Waals surface area contributed by atoms with E-state index in [9.17, 15) is 15.0 Å². The molecule has 2 aliphatic carbocycles. The number of Topliss-reactive ketones (excluding diaryl/α,β-unsaturated/α-hetero) is 1. The van der Waals surface area contributed by atoms with Crippen molar-refractivity contribution in [3.8, 4) is 5.75 Å². The first-order chi connectivity index (χ1) is 33.1. The van der Waals surface area contributed by atoms with Crippen LogP contribution < -0.4 is 4.74 Å². The number of aliphatic hydroxyl groups is 2. The predicted molar refractivity (Wildman–Crippen MR) is 260 cm³/mol. The van der Waals surface area contributed by atoms with Gasteiger partial charge in [-0.15, -0.1) is 0 Å². The third kappa shape index (κ3) is 11.7. The van der Waals surface area contributed by atoms with Gasteiger partial charge in [0.1, 0.15) is 29.8 Å². The molecule has 2 N–H and O–H groups in total. The number of aliphatic hydroxyl groups excluding tert-OH is 2. The molecule has 2 saturated carbocycles. The number of carbonyl (C=O) groups excluding carboxylic acids is 3. The van der Waals surface area contributed by atoms with Crippen LogP contribution in [0.15, 0.2) is 24.3 Å². The first-order valence-electron chi connectivity index (χ1n) is 26.3. The van der Waals surface area contributed by atoms with E-state index in [1.165, 1.54) is 32.8 Å². The molecule has 6 fully saturated rings. The molecule has 4 heterocycles. The zero-order valence-corrected chi connectivity index (χ0v) is 44.3. The Kier molecular flexibility index (Phi) is 17.4. The Balaban J connectivity index is 1.28. The van der Waals surface area contributed by atoms with E-state index in [0.29, 0.717) is 30.4 Å². The van der Waals surface area contributed by atoms with Crippen LogP contribution in [0.2, 0.25) is 0 Å². The van der Waals surface area contributed by atoms with E-state index in [0.717, 1.165) is 18.7 Å². The number of esters is 1. The lowest BCUT2D eigenvalue weighted by molar-refractivity contribution is -0.320. The predicted octanol–water partition coefficient (Wildman–Crippen LogP) is 6.72. The standard InChI is InChI=1S/C54H86N2O14/c1-14-41-54(10)46(56(51(61)70-54)24-23-36-19-21-39(62-11)22-20-36)32(4)43(57)30(2)26-53(9,64-13)48(69-50-44(58)40(25-31(3)65-50)55(28-37-15-16-37)29-38-17-18-38)33(5)45(34(6)49(60)67-41)68-42-27-52(8,63-12)47(59)35(7)66-42/h19-22,30-35,37-38,40-42,44-48,50,58-59H,14-18,23-29H2,1-13H3/t30-,31+,32-,33+,34-,35-,40-,41+,42-,44+,45+,46-,47-,48-,50-,52+,53+,54-/m1/s1. The zero-order chi connectivity index (χ0) is 51.0. The van der Waals surface area contributed by atoms with Crippen molar-refractivity contribution in [3.63, 3.8) is 0 Å². The average molecular weight is 987 g/mol. The van der Waals surface area contributed by atoms with Crippen molar-refractivity contribution in [1.29, 1.82) is 0 Å². The molecule has 0 spiro atoms. The van der Waals surface area contributed by atoms with E-state index >= 15 is 9.59 Å². The number of hydrogen-bond donors (Lipinski definition) is 2. The molecule has 18 atom stereocenters. The molecule has 396 valence electrons. The van der Waals surface area contributed by atoms with Crippen molar-refractivity contribution in [2.45, 2.75) is 211 Å². The molecule has 16 heteroatoms. The van der Waals surface area contributed by atoms with Crippen LogP contribution in [0.5, 0.6) is 5.75 Å². The molecule has 0 radical (unpaired) electrons. The van der Waals surface area contributed by atoms with E-state index < -0.39 is 108 Å². The second kappa shape index (κ2) is 22.3. The van der Waals surface area contributed by atoms with Crippen LogP contribution in [0.4, 0.5) is 4.79 Å². The van der Waals surface area contributed by atoms with Gasteiger partial charge in [-0.2, -0.15) is 0 Å². The number of cyclic esters (lactones) is 1. The van der Waals surface area contributed by atoms with E-state index in [1.54, 1.807) is 46.8 Å². The van der Waals surface area contributed by atoms with Crippen LogP contribution in [0.3, 0.4) is 0 Å². The lowest BCUT2D eigenvalue weighted by Crippen LogP contribution is -2.62. The van der Waals surface area contributed by atoms with Crippen LogP contribution in [0.25, 0.3) is 0 Å². The molecule has 4 aliphatic heterocycles. The first-order valence-corrected chi connectivity index (χ1v) is 26.3. The second-order valence-electron chi connectivity index (χ2n) is 22.6. The highest BCUT2D eigenvalue weighted by molar-refractivity contribution is 5.85. The summed E-state index contributed by atoms with van der Waals surface area (Å²) in [4.78, 5) is 48.5. The maximum Gasteiger partial charge on any atom is 0.410 e. The lowest BCUT2D eigenvalue weighted by atomic mass is 9.73. The number of methoxy groups -OCH3 is 3. The minimum Gasteiger partial charge on any atom is -0.497 e. The number of fused-ring (bicyclic) bond motifs is 1. The summed E-state index contributed by atoms with van der Waals surface area (Å²) in [5, 5.41) is 23.7. The van der Waals surface area contributed by atoms with Crippen LogP contribution in [0.1, 0.15) is 126 Å². The lowest BCUT2D eigenvalue weighted by Gasteiger charge is -2.50. The Bertz CT molecular complexity index is 1920. The Morgan fingerprint density at radius 2 is 1.44 bits per heavy atom. The number of nitrogens with zero attached hydrogens (tertiary/aromatic N) is 2. The SMILES string of the molecule is CC[C@@H]1OC(=O)[C@H](C)[C@@H](O[C@@H]2C[C@](C)(OC)[C@H](O)[C@@H](C)O2)[C@H](C)[C@@H](O[C@H]2O[C@@H](C)C[C@@H](N(CC3CC3)CC3CC3)[C@@H]2O)[C@@](C)(OC)C[C@@H](C)C(=O)[C@@H](C)[C@H]2N(CCc3ccc(OC)cc3)C(=O)O[C@]12C. The van der Waals surface area contributed by atoms with Gasteiger partial charge in [-0.3, -0.25) is 19.4 Å². The van der Waals surface area contributed by atoms with Crippen molar-refractivity contribution in [1.82, 2.24) is 9.80 Å². The minimum atomic E-state index is -1.43. The fraction of sp³-hybridized carbons (Fsp3) is 0.833. The molecular formula is C54H86N2O14. The van der Waals surface area contributed by atoms with E-state index in [4.69, 9.17) is 42.6 Å². The number of carbonyl (C=O) groups is 3. The Morgan fingerprint density at radius 1 is 0.814 bits per heavy atom. The van der Waals surface area contributed by atoms with Gasteiger partial charge in [-0.1, -0.05) is 39.8 Å². The molecule has 6 aliphatic rings. The van der Waals surface area contributed by atoms with Crippen LogP contribution in [-0.2, 0) is 53.9 Å². The molecule has 0 bridgehead atoms. The Morgan fingerprint density at radius 3 is 2.01 bits per heavy atom. The monoisotopic (exact) mass is 987 g/mol. The van der Waals surface area contributed by atoms with E-state index in [-0.39, 0.29) is 43.7 Å². The number of rotatable bonds is 16. The van der Waals surface area contributed by atoms with Crippen molar-refractivity contribution >= 4 is 17.8 Å². The molecule has 0 aromatic heterocycles. The minimum absolute atomic E-state index is 0.126. The Labute approximate surface area is 417 Å². The number of amides is 1. The average Bonchev–Trinajstić information content (AvgIpc) is 4.29. The van der Waals surface area contributed by atoms with Gasteiger partial charge in [-0.05, 0) is 122 Å². The third-order valence-electron chi connectivity index (χ3n) is 17.1. The molecule has 7 rings (SSSR count). The Hall–Kier alpha value is -2.93. The molecule has 1 amide bonds. The molecule has 1 aromatic carbocycles. The summed E-state index contributed by atoms with van der Waals surface area (Å²) in [5.41, 5.74) is -2.76. The molecule has 1 aromatic rings. The van der Waals surface area contributed by atoms with Crippen LogP contribution >= 0.6 is 0 Å². The van der Waals surface area contributed by atoms with E-state index in [1.807, 2.05) is 65.8 Å². The molecule has 70 heavy (non-hydrogen) atoms. The summed E-state index contributed by atoms with van der Waals surface area (Å²) in [6, 6.07) is 6.60. The van der Waals surface area contributed by atoms with Gasteiger partial charge in [0.25, 0.3) is 0 Å². The largest absolute Gasteiger partial charge is 0.497 e. The maximum atomic E-state index is 15.2. The van der Waals surface area contributed by atoms with Gasteiger partial charge in [0.15, 0.2) is 18.2 Å². The quantitative estimate of drug-likeness (QED) is 0.167. The fourth-order valence-corrected chi connectivity index (χ4v) is 12.4. The fourth-order valence-electron chi connectivity index (χ4n) is 12.4. The normalized spacial score (nSPS) is 42.3. The highest BCUT2D eigenvalue weighted by Gasteiger charge is 2.61. The van der Waals surface area contributed by atoms with Crippen LogP contribution in [0, 0.1) is 35.5 Å². The number of hydrogen-bond acceptors (Lipinski definition) is 15. The highest BCUT2D eigenvalue weighted by Crippen LogP contribution is 2.45. The highest BCUT2D eigenvalue weighted by atomic mass is 16.7. The zero-order valence-electron chi connectivity index (χ0n) is 44.3. The van der Waals surface area contributed by atoms with Gasteiger partial charge in [0.05, 0.1) is 54.7 Å². The number of ketones is 1. The molecule has 0 unspecified atom stereocenters. The molecule has 16 nitrogen and oxygen atoms in total. The van der Waals surface area contributed by atoms with Gasteiger partial charge >= 0.3 is 12.1 Å². The number of benzene rings is 1. The van der Waals surface area contributed by atoms with Crippen molar-refractivity contribution < 1.29 is 67.2 Å².